The Hall–Kier alpha value is -1.03. The number of hydrogen-bond acceptors (Lipinski definition) is 2. The number of hydrogen-bond donors (Lipinski definition) is 1. The lowest BCUT2D eigenvalue weighted by Gasteiger charge is -2.07. The lowest BCUT2D eigenvalue weighted by atomic mass is 10.2. The van der Waals surface area contributed by atoms with Crippen LogP contribution in [0, 0.1) is 6.92 Å². The van der Waals surface area contributed by atoms with Gasteiger partial charge in [0.05, 0.1) is 0 Å². The summed E-state index contributed by atoms with van der Waals surface area (Å²) in [5.41, 5.74) is 5.91. The number of carbonyl (C=O) groups excluding carboxylic acids is 1. The molecule has 3 nitrogen and oxygen atoms in total. The molecule has 2 N–H and O–H groups in total. The van der Waals surface area contributed by atoms with Crippen molar-refractivity contribution in [3.8, 4) is 5.75 Å². The quantitative estimate of drug-likeness (QED) is 0.878. The van der Waals surface area contributed by atoms with E-state index in [0.717, 1.165) is 10.0 Å². The number of amides is 1. The van der Waals surface area contributed by atoms with Crippen LogP contribution in [-0.4, -0.2) is 12.5 Å². The Bertz CT molecular complexity index is 325. The van der Waals surface area contributed by atoms with E-state index in [9.17, 15) is 4.79 Å². The molecule has 0 aromatic heterocycles. The van der Waals surface area contributed by atoms with Crippen LogP contribution < -0.4 is 10.5 Å². The molecule has 0 fully saturated rings. The Labute approximate surface area is 85.0 Å². The number of ether oxygens (including phenoxy) is 1. The Morgan fingerprint density at radius 1 is 1.62 bits per heavy atom. The highest BCUT2D eigenvalue weighted by Crippen LogP contribution is 2.25. The van der Waals surface area contributed by atoms with Gasteiger partial charge in [-0.3, -0.25) is 4.79 Å². The van der Waals surface area contributed by atoms with E-state index in [-0.39, 0.29) is 6.61 Å². The molecule has 0 radical (unpaired) electrons. The van der Waals surface area contributed by atoms with Crippen LogP contribution >= 0.6 is 15.9 Å². The minimum Gasteiger partial charge on any atom is -0.483 e. The first-order chi connectivity index (χ1) is 6.11. The van der Waals surface area contributed by atoms with Gasteiger partial charge < -0.3 is 10.5 Å². The average molecular weight is 244 g/mol. The maximum atomic E-state index is 10.5. The Morgan fingerprint density at radius 3 is 2.92 bits per heavy atom. The maximum absolute atomic E-state index is 10.5. The molecule has 0 bridgehead atoms. The van der Waals surface area contributed by atoms with Crippen LogP contribution in [0.15, 0.2) is 22.7 Å². The van der Waals surface area contributed by atoms with Crippen molar-refractivity contribution < 1.29 is 9.53 Å². The predicted octanol–water partition coefficient (Wildman–Crippen LogP) is 1.62. The van der Waals surface area contributed by atoms with Gasteiger partial charge in [0.1, 0.15) is 5.75 Å². The molecule has 4 heteroatoms. The van der Waals surface area contributed by atoms with Crippen molar-refractivity contribution in [1.29, 1.82) is 0 Å². The van der Waals surface area contributed by atoms with Gasteiger partial charge in [0, 0.05) is 10.0 Å². The van der Waals surface area contributed by atoms with E-state index in [2.05, 4.69) is 15.9 Å². The zero-order chi connectivity index (χ0) is 9.84. The molecule has 0 spiro atoms. The van der Waals surface area contributed by atoms with Gasteiger partial charge in [0.25, 0.3) is 5.91 Å². The van der Waals surface area contributed by atoms with Gasteiger partial charge >= 0.3 is 0 Å². The van der Waals surface area contributed by atoms with Gasteiger partial charge in [-0.1, -0.05) is 22.0 Å². The van der Waals surface area contributed by atoms with Crippen molar-refractivity contribution >= 4 is 21.8 Å². The highest BCUT2D eigenvalue weighted by molar-refractivity contribution is 9.10. The van der Waals surface area contributed by atoms with E-state index < -0.39 is 5.91 Å². The van der Waals surface area contributed by atoms with Gasteiger partial charge in [0.2, 0.25) is 0 Å². The van der Waals surface area contributed by atoms with Crippen LogP contribution in [0.4, 0.5) is 0 Å². The van der Waals surface area contributed by atoms with E-state index in [1.807, 2.05) is 19.1 Å². The topological polar surface area (TPSA) is 52.3 Å². The van der Waals surface area contributed by atoms with Crippen molar-refractivity contribution in [2.24, 2.45) is 5.73 Å². The zero-order valence-corrected chi connectivity index (χ0v) is 8.80. The molecule has 1 rings (SSSR count). The minimum atomic E-state index is -0.473. The first kappa shape index (κ1) is 10.1. The molecular weight excluding hydrogens is 234 g/mol. The monoisotopic (exact) mass is 243 g/mol. The number of nitrogens with two attached hydrogens (primary N) is 1. The van der Waals surface area contributed by atoms with Gasteiger partial charge in [-0.05, 0) is 19.1 Å². The summed E-state index contributed by atoms with van der Waals surface area (Å²) in [4.78, 5) is 10.5. The van der Waals surface area contributed by atoms with E-state index in [0.29, 0.717) is 5.75 Å². The number of carbonyl (C=O) groups is 1. The van der Waals surface area contributed by atoms with E-state index in [1.54, 1.807) is 6.07 Å². The van der Waals surface area contributed by atoms with Gasteiger partial charge in [0.15, 0.2) is 6.61 Å². The van der Waals surface area contributed by atoms with Gasteiger partial charge in [-0.2, -0.15) is 0 Å². The van der Waals surface area contributed by atoms with Crippen molar-refractivity contribution in [2.75, 3.05) is 6.61 Å². The van der Waals surface area contributed by atoms with Crippen molar-refractivity contribution in [2.45, 2.75) is 6.92 Å². The van der Waals surface area contributed by atoms with Gasteiger partial charge in [-0.25, -0.2) is 0 Å². The summed E-state index contributed by atoms with van der Waals surface area (Å²) < 4.78 is 6.13. The first-order valence-corrected chi connectivity index (χ1v) is 4.57. The molecule has 0 aliphatic heterocycles. The van der Waals surface area contributed by atoms with Crippen molar-refractivity contribution in [1.82, 2.24) is 0 Å². The normalized spacial score (nSPS) is 9.69. The minimum absolute atomic E-state index is 0.0860. The maximum Gasteiger partial charge on any atom is 0.255 e. The molecule has 0 saturated heterocycles. The van der Waals surface area contributed by atoms with Crippen LogP contribution in [0.5, 0.6) is 5.75 Å². The third-order valence-corrected chi connectivity index (χ3v) is 2.45. The lowest BCUT2D eigenvalue weighted by molar-refractivity contribution is -0.119. The fourth-order valence-corrected chi connectivity index (χ4v) is 1.24. The number of rotatable bonds is 3. The molecule has 0 saturated carbocycles. The van der Waals surface area contributed by atoms with Crippen LogP contribution in [0.1, 0.15) is 5.56 Å². The van der Waals surface area contributed by atoms with Crippen molar-refractivity contribution in [3.63, 3.8) is 0 Å². The number of primary amides is 1. The molecule has 13 heavy (non-hydrogen) atoms. The molecule has 0 heterocycles. The molecule has 0 unspecified atom stereocenters. The van der Waals surface area contributed by atoms with Crippen molar-refractivity contribution in [3.05, 3.63) is 28.2 Å². The smallest absolute Gasteiger partial charge is 0.255 e. The Kier molecular flexibility index (Phi) is 3.31. The molecule has 1 amide bonds. The second kappa shape index (κ2) is 4.28. The summed E-state index contributed by atoms with van der Waals surface area (Å²) in [7, 11) is 0. The summed E-state index contributed by atoms with van der Waals surface area (Å²) in [5, 5.41) is 0. The SMILES string of the molecule is Cc1c(Br)cccc1OCC(N)=O. The fraction of sp³-hybridized carbons (Fsp3) is 0.222. The first-order valence-electron chi connectivity index (χ1n) is 3.77. The fourth-order valence-electron chi connectivity index (χ4n) is 0.893. The van der Waals surface area contributed by atoms with E-state index >= 15 is 0 Å². The van der Waals surface area contributed by atoms with Crippen LogP contribution in [0.3, 0.4) is 0 Å². The van der Waals surface area contributed by atoms with Gasteiger partial charge in [-0.15, -0.1) is 0 Å². The molecular formula is C9H10BrNO2. The van der Waals surface area contributed by atoms with E-state index in [1.165, 1.54) is 0 Å². The largest absolute Gasteiger partial charge is 0.483 e. The molecule has 0 aliphatic carbocycles. The lowest BCUT2D eigenvalue weighted by Crippen LogP contribution is -2.20. The summed E-state index contributed by atoms with van der Waals surface area (Å²) in [6, 6.07) is 5.54. The zero-order valence-electron chi connectivity index (χ0n) is 7.21. The standard InChI is InChI=1S/C9H10BrNO2/c1-6-7(10)3-2-4-8(6)13-5-9(11)12/h2-4H,5H2,1H3,(H2,11,12). The average Bonchev–Trinajstić information content (AvgIpc) is 2.07. The third kappa shape index (κ3) is 2.73. The Balaban J connectivity index is 2.77. The van der Waals surface area contributed by atoms with Crippen LogP contribution in [-0.2, 0) is 4.79 Å². The number of halogens is 1. The van der Waals surface area contributed by atoms with Crippen LogP contribution in [0.25, 0.3) is 0 Å². The van der Waals surface area contributed by atoms with E-state index in [4.69, 9.17) is 10.5 Å². The second-order valence-electron chi connectivity index (χ2n) is 2.62. The second-order valence-corrected chi connectivity index (χ2v) is 3.47. The third-order valence-electron chi connectivity index (χ3n) is 1.59. The molecule has 70 valence electrons. The summed E-state index contributed by atoms with van der Waals surface area (Å²) >= 11 is 3.36. The highest BCUT2D eigenvalue weighted by Gasteiger charge is 2.03. The predicted molar refractivity (Wildman–Crippen MR) is 53.6 cm³/mol. The molecule has 1 aromatic carbocycles. The summed E-state index contributed by atoms with van der Waals surface area (Å²) in [6.45, 7) is 1.82. The molecule has 1 aromatic rings. The summed E-state index contributed by atoms with van der Waals surface area (Å²) in [5.74, 6) is 0.201. The molecule has 0 aliphatic rings. The number of benzene rings is 1. The van der Waals surface area contributed by atoms with Crippen LogP contribution in [0.2, 0.25) is 0 Å². The molecule has 0 atom stereocenters. The summed E-state index contributed by atoms with van der Waals surface area (Å²) in [6.07, 6.45) is 0. The Morgan fingerprint density at radius 2 is 2.31 bits per heavy atom. The highest BCUT2D eigenvalue weighted by atomic mass is 79.9.